The SMILES string of the molecule is Cc1cc(N2C(=O)c3ccccc3C2=O)ccc1N(C)C. The minimum atomic E-state index is -0.257. The normalized spacial score (nSPS) is 13.6. The first-order valence-corrected chi connectivity index (χ1v) is 6.76. The maximum atomic E-state index is 12.4. The Morgan fingerprint density at radius 1 is 0.905 bits per heavy atom. The molecule has 0 N–H and O–H groups in total. The Morgan fingerprint density at radius 2 is 1.48 bits per heavy atom. The third-order valence-corrected chi connectivity index (χ3v) is 3.71. The fourth-order valence-electron chi connectivity index (χ4n) is 2.70. The molecule has 0 radical (unpaired) electrons. The summed E-state index contributed by atoms with van der Waals surface area (Å²) in [5, 5.41) is 0. The zero-order chi connectivity index (χ0) is 15.1. The summed E-state index contributed by atoms with van der Waals surface area (Å²) in [6.07, 6.45) is 0. The number of anilines is 2. The summed E-state index contributed by atoms with van der Waals surface area (Å²) in [5.41, 5.74) is 3.64. The fourth-order valence-corrected chi connectivity index (χ4v) is 2.70. The van der Waals surface area contributed by atoms with Gasteiger partial charge in [-0.2, -0.15) is 0 Å². The van der Waals surface area contributed by atoms with Crippen LogP contribution in [-0.4, -0.2) is 25.9 Å². The van der Waals surface area contributed by atoms with Gasteiger partial charge in [-0.25, -0.2) is 4.90 Å². The van der Waals surface area contributed by atoms with Gasteiger partial charge in [0.25, 0.3) is 11.8 Å². The largest absolute Gasteiger partial charge is 0.377 e. The van der Waals surface area contributed by atoms with E-state index in [9.17, 15) is 9.59 Å². The standard InChI is InChI=1S/C17H16N2O2/c1-11-10-12(8-9-15(11)18(2)3)19-16(20)13-6-4-5-7-14(13)17(19)21/h4-10H,1-3H3. The molecule has 0 saturated heterocycles. The van der Waals surface area contributed by atoms with Crippen LogP contribution < -0.4 is 9.80 Å². The molecule has 0 atom stereocenters. The monoisotopic (exact) mass is 280 g/mol. The van der Waals surface area contributed by atoms with Crippen molar-refractivity contribution in [2.75, 3.05) is 23.9 Å². The van der Waals surface area contributed by atoms with Gasteiger partial charge in [0.15, 0.2) is 0 Å². The third-order valence-electron chi connectivity index (χ3n) is 3.71. The number of nitrogens with zero attached hydrogens (tertiary/aromatic N) is 2. The molecule has 0 saturated carbocycles. The lowest BCUT2D eigenvalue weighted by molar-refractivity contribution is 0.0926. The number of benzene rings is 2. The van der Waals surface area contributed by atoms with E-state index in [1.54, 1.807) is 24.3 Å². The van der Waals surface area contributed by atoms with Crippen molar-refractivity contribution in [3.05, 3.63) is 59.2 Å². The van der Waals surface area contributed by atoms with E-state index in [-0.39, 0.29) is 11.8 Å². The molecule has 0 aliphatic carbocycles. The molecule has 1 aliphatic rings. The zero-order valence-corrected chi connectivity index (χ0v) is 12.3. The molecule has 1 aliphatic heterocycles. The van der Waals surface area contributed by atoms with Crippen molar-refractivity contribution in [3.63, 3.8) is 0 Å². The highest BCUT2D eigenvalue weighted by molar-refractivity contribution is 6.34. The molecule has 3 rings (SSSR count). The summed E-state index contributed by atoms with van der Waals surface area (Å²) < 4.78 is 0. The number of carbonyl (C=O) groups is 2. The predicted octanol–water partition coefficient (Wildman–Crippen LogP) is 2.86. The number of carbonyl (C=O) groups excluding carboxylic acids is 2. The van der Waals surface area contributed by atoms with Crippen LogP contribution in [0.2, 0.25) is 0 Å². The number of imide groups is 1. The van der Waals surface area contributed by atoms with Gasteiger partial charge in [0.05, 0.1) is 16.8 Å². The average molecular weight is 280 g/mol. The van der Waals surface area contributed by atoms with Gasteiger partial charge in [-0.15, -0.1) is 0 Å². The van der Waals surface area contributed by atoms with E-state index >= 15 is 0 Å². The van der Waals surface area contributed by atoms with E-state index in [1.165, 1.54) is 4.90 Å². The first-order valence-electron chi connectivity index (χ1n) is 6.76. The summed E-state index contributed by atoms with van der Waals surface area (Å²) in [6.45, 7) is 1.97. The number of amides is 2. The number of hydrogen-bond acceptors (Lipinski definition) is 3. The molecule has 0 spiro atoms. The number of rotatable bonds is 2. The highest BCUT2D eigenvalue weighted by Gasteiger charge is 2.36. The lowest BCUT2D eigenvalue weighted by Crippen LogP contribution is -2.29. The minimum absolute atomic E-state index is 0.257. The van der Waals surface area contributed by atoms with Gasteiger partial charge in [-0.1, -0.05) is 12.1 Å². The van der Waals surface area contributed by atoms with E-state index in [4.69, 9.17) is 0 Å². The van der Waals surface area contributed by atoms with Crippen LogP contribution >= 0.6 is 0 Å². The van der Waals surface area contributed by atoms with Crippen molar-refractivity contribution in [1.82, 2.24) is 0 Å². The quantitative estimate of drug-likeness (QED) is 0.794. The third kappa shape index (κ3) is 2.00. The van der Waals surface area contributed by atoms with E-state index in [0.29, 0.717) is 16.8 Å². The van der Waals surface area contributed by atoms with Crippen LogP contribution in [0, 0.1) is 6.92 Å². The number of fused-ring (bicyclic) bond motifs is 1. The lowest BCUT2D eigenvalue weighted by atomic mass is 10.1. The molecule has 0 unspecified atom stereocenters. The molecule has 0 aromatic heterocycles. The molecule has 2 aromatic carbocycles. The highest BCUT2D eigenvalue weighted by Crippen LogP contribution is 2.31. The fraction of sp³-hybridized carbons (Fsp3) is 0.176. The Bertz CT molecular complexity index is 715. The first kappa shape index (κ1) is 13.4. The van der Waals surface area contributed by atoms with E-state index in [2.05, 4.69) is 0 Å². The van der Waals surface area contributed by atoms with E-state index in [0.717, 1.165) is 11.3 Å². The molecule has 0 bridgehead atoms. The highest BCUT2D eigenvalue weighted by atomic mass is 16.2. The van der Waals surface area contributed by atoms with Crippen molar-refractivity contribution < 1.29 is 9.59 Å². The lowest BCUT2D eigenvalue weighted by Gasteiger charge is -2.19. The molecule has 4 heteroatoms. The Kier molecular flexibility index (Phi) is 3.01. The van der Waals surface area contributed by atoms with Crippen LogP contribution in [0.25, 0.3) is 0 Å². The van der Waals surface area contributed by atoms with Gasteiger partial charge in [-0.3, -0.25) is 9.59 Å². The van der Waals surface area contributed by atoms with Crippen LogP contribution in [-0.2, 0) is 0 Å². The van der Waals surface area contributed by atoms with Gasteiger partial charge in [-0.05, 0) is 42.8 Å². The Balaban J connectivity index is 2.05. The van der Waals surface area contributed by atoms with Gasteiger partial charge < -0.3 is 4.90 Å². The minimum Gasteiger partial charge on any atom is -0.377 e. The smallest absolute Gasteiger partial charge is 0.266 e. The molecule has 106 valence electrons. The summed E-state index contributed by atoms with van der Waals surface area (Å²) in [5.74, 6) is -0.514. The Labute approximate surface area is 123 Å². The van der Waals surface area contributed by atoms with Crippen molar-refractivity contribution in [1.29, 1.82) is 0 Å². The van der Waals surface area contributed by atoms with E-state index < -0.39 is 0 Å². The molecule has 21 heavy (non-hydrogen) atoms. The summed E-state index contributed by atoms with van der Waals surface area (Å²) >= 11 is 0. The van der Waals surface area contributed by atoms with Crippen molar-refractivity contribution in [3.8, 4) is 0 Å². The average Bonchev–Trinajstić information content (AvgIpc) is 2.71. The molecular formula is C17H16N2O2. The second kappa shape index (κ2) is 4.74. The second-order valence-electron chi connectivity index (χ2n) is 5.36. The molecule has 4 nitrogen and oxygen atoms in total. The van der Waals surface area contributed by atoms with Gasteiger partial charge in [0, 0.05) is 19.8 Å². The summed E-state index contributed by atoms with van der Waals surface area (Å²) in [7, 11) is 3.92. The maximum Gasteiger partial charge on any atom is 0.266 e. The van der Waals surface area contributed by atoms with Crippen molar-refractivity contribution >= 4 is 23.2 Å². The van der Waals surface area contributed by atoms with E-state index in [1.807, 2.05) is 44.1 Å². The van der Waals surface area contributed by atoms with Crippen LogP contribution in [0.3, 0.4) is 0 Å². The van der Waals surface area contributed by atoms with Gasteiger partial charge in [0.1, 0.15) is 0 Å². The van der Waals surface area contributed by atoms with Gasteiger partial charge >= 0.3 is 0 Å². The number of hydrogen-bond donors (Lipinski definition) is 0. The molecule has 2 aromatic rings. The molecule has 1 heterocycles. The van der Waals surface area contributed by atoms with Crippen LogP contribution in [0.1, 0.15) is 26.3 Å². The van der Waals surface area contributed by atoms with Crippen LogP contribution in [0.5, 0.6) is 0 Å². The molecule has 2 amide bonds. The predicted molar refractivity (Wildman–Crippen MR) is 83.1 cm³/mol. The number of aryl methyl sites for hydroxylation is 1. The second-order valence-corrected chi connectivity index (χ2v) is 5.36. The molecular weight excluding hydrogens is 264 g/mol. The molecule has 0 fully saturated rings. The first-order chi connectivity index (χ1) is 10.0. The topological polar surface area (TPSA) is 40.6 Å². The van der Waals surface area contributed by atoms with Crippen LogP contribution in [0.15, 0.2) is 42.5 Å². The van der Waals surface area contributed by atoms with Crippen LogP contribution in [0.4, 0.5) is 11.4 Å². The summed E-state index contributed by atoms with van der Waals surface area (Å²) in [4.78, 5) is 28.1. The van der Waals surface area contributed by atoms with Gasteiger partial charge in [0.2, 0.25) is 0 Å². The zero-order valence-electron chi connectivity index (χ0n) is 12.3. The van der Waals surface area contributed by atoms with Crippen molar-refractivity contribution in [2.24, 2.45) is 0 Å². The summed E-state index contributed by atoms with van der Waals surface area (Å²) in [6, 6.07) is 12.5. The van der Waals surface area contributed by atoms with Crippen molar-refractivity contribution in [2.45, 2.75) is 6.92 Å². The maximum absolute atomic E-state index is 12.4. The Morgan fingerprint density at radius 3 is 1.95 bits per heavy atom. The Hall–Kier alpha value is -2.62.